The lowest BCUT2D eigenvalue weighted by Gasteiger charge is -2.47. The smallest absolute Gasteiger partial charge is 0.274 e. The molecular weight excluding hydrogens is 388 g/mol. The highest BCUT2D eigenvalue weighted by atomic mass is 16.2. The van der Waals surface area contributed by atoms with Crippen molar-refractivity contribution in [2.24, 2.45) is 4.99 Å². The predicted molar refractivity (Wildman–Crippen MR) is 122 cm³/mol. The molecule has 162 valence electrons. The monoisotopic (exact) mass is 418 g/mol. The third-order valence-electron chi connectivity index (χ3n) is 7.26. The minimum absolute atomic E-state index is 0.0168. The fourth-order valence-electron chi connectivity index (χ4n) is 5.37. The predicted octanol–water partition coefficient (Wildman–Crippen LogP) is 4.14. The number of aliphatic imine (C=N–C) groups is 1. The molecular formula is C24H30N6O. The van der Waals surface area contributed by atoms with Gasteiger partial charge in [-0.25, -0.2) is 0 Å². The first kappa shape index (κ1) is 18.9. The first-order valence-electron chi connectivity index (χ1n) is 11.8. The molecule has 3 fully saturated rings. The number of likely N-dealkylation sites (tertiary alicyclic amines) is 1. The van der Waals surface area contributed by atoms with Crippen LogP contribution in [0.1, 0.15) is 73.5 Å². The van der Waals surface area contributed by atoms with Crippen LogP contribution in [0.3, 0.4) is 0 Å². The van der Waals surface area contributed by atoms with Crippen LogP contribution >= 0.6 is 0 Å². The fraction of sp³-hybridized carbons (Fsp3) is 0.542. The number of aromatic nitrogens is 2. The van der Waals surface area contributed by atoms with Gasteiger partial charge in [-0.1, -0.05) is 25.0 Å². The van der Waals surface area contributed by atoms with Crippen molar-refractivity contribution in [2.45, 2.75) is 68.9 Å². The Morgan fingerprint density at radius 1 is 1.10 bits per heavy atom. The Kier molecular flexibility index (Phi) is 4.51. The Hall–Kier alpha value is -2.83. The van der Waals surface area contributed by atoms with E-state index in [4.69, 9.17) is 4.99 Å². The molecule has 1 aromatic carbocycles. The molecule has 2 aromatic rings. The van der Waals surface area contributed by atoms with Crippen LogP contribution in [0.15, 0.2) is 35.3 Å². The molecule has 3 heterocycles. The highest BCUT2D eigenvalue weighted by Gasteiger charge is 2.45. The Balaban J connectivity index is 1.30. The van der Waals surface area contributed by atoms with Gasteiger partial charge in [-0.05, 0) is 56.7 Å². The van der Waals surface area contributed by atoms with E-state index in [0.717, 1.165) is 55.1 Å². The number of nitrogens with one attached hydrogen (secondary N) is 3. The second kappa shape index (κ2) is 7.39. The van der Waals surface area contributed by atoms with Crippen LogP contribution in [0, 0.1) is 0 Å². The highest BCUT2D eigenvalue weighted by Crippen LogP contribution is 2.40. The summed E-state index contributed by atoms with van der Waals surface area (Å²) in [5, 5.41) is 14.9. The van der Waals surface area contributed by atoms with Crippen molar-refractivity contribution in [3.05, 3.63) is 41.7 Å². The van der Waals surface area contributed by atoms with Gasteiger partial charge in [0.15, 0.2) is 0 Å². The number of benzene rings is 1. The van der Waals surface area contributed by atoms with Gasteiger partial charge < -0.3 is 15.5 Å². The Bertz CT molecular complexity index is 1020. The van der Waals surface area contributed by atoms with E-state index in [1.807, 2.05) is 17.0 Å². The Labute approximate surface area is 182 Å². The number of carbonyl (C=O) groups is 1. The standard InChI is InChI=1S/C24H30N6O/c31-22(21-14-20(28-29-21)16-10-11-16)30-13-5-12-24(15-30)23(25-17-6-1-2-7-17)26-18-8-3-4-9-19(18)27-24/h3-4,8-9,14,16-17,27H,1-2,5-7,10-13,15H2,(H,25,26)(H,28,29). The number of carbonyl (C=O) groups excluding carboxylic acids is 1. The summed E-state index contributed by atoms with van der Waals surface area (Å²) < 4.78 is 0. The van der Waals surface area contributed by atoms with Gasteiger partial charge in [0, 0.05) is 18.2 Å². The number of hydrogen-bond donors (Lipinski definition) is 3. The number of nitrogens with zero attached hydrogens (tertiary/aromatic N) is 3. The zero-order valence-corrected chi connectivity index (χ0v) is 17.9. The van der Waals surface area contributed by atoms with Crippen molar-refractivity contribution in [1.82, 2.24) is 15.1 Å². The molecule has 1 amide bonds. The quantitative estimate of drug-likeness (QED) is 0.699. The Morgan fingerprint density at radius 2 is 1.90 bits per heavy atom. The van der Waals surface area contributed by atoms with Crippen LogP contribution in [0.5, 0.6) is 0 Å². The molecule has 1 unspecified atom stereocenters. The van der Waals surface area contributed by atoms with Crippen LogP contribution in [0.25, 0.3) is 0 Å². The molecule has 1 saturated heterocycles. The molecule has 2 aliphatic heterocycles. The van der Waals surface area contributed by atoms with Gasteiger partial charge in [-0.2, -0.15) is 5.10 Å². The highest BCUT2D eigenvalue weighted by molar-refractivity contribution is 6.10. The number of piperidine rings is 1. The largest absolute Gasteiger partial charge is 0.370 e. The molecule has 0 radical (unpaired) electrons. The minimum Gasteiger partial charge on any atom is -0.370 e. The maximum Gasteiger partial charge on any atom is 0.274 e. The summed E-state index contributed by atoms with van der Waals surface area (Å²) in [6.07, 6.45) is 9.10. The van der Waals surface area contributed by atoms with Gasteiger partial charge in [0.05, 0.1) is 24.0 Å². The first-order valence-corrected chi connectivity index (χ1v) is 11.8. The van der Waals surface area contributed by atoms with Crippen LogP contribution < -0.4 is 10.6 Å². The van der Waals surface area contributed by atoms with E-state index in [1.165, 1.54) is 25.7 Å². The number of fused-ring (bicyclic) bond motifs is 1. The maximum atomic E-state index is 13.3. The van der Waals surface area contributed by atoms with Gasteiger partial charge in [0.1, 0.15) is 17.1 Å². The van der Waals surface area contributed by atoms with E-state index in [9.17, 15) is 4.79 Å². The molecule has 6 rings (SSSR count). The van der Waals surface area contributed by atoms with Crippen molar-refractivity contribution in [2.75, 3.05) is 23.7 Å². The first-order chi connectivity index (χ1) is 15.2. The molecule has 1 atom stereocenters. The summed E-state index contributed by atoms with van der Waals surface area (Å²) in [7, 11) is 0. The third-order valence-corrected chi connectivity index (χ3v) is 7.26. The number of anilines is 2. The van der Waals surface area contributed by atoms with E-state index < -0.39 is 0 Å². The van der Waals surface area contributed by atoms with Crippen molar-refractivity contribution in [3.8, 4) is 0 Å². The average molecular weight is 419 g/mol. The maximum absolute atomic E-state index is 13.3. The molecule has 4 aliphatic rings. The number of amidine groups is 1. The zero-order chi connectivity index (χ0) is 20.8. The van der Waals surface area contributed by atoms with E-state index in [-0.39, 0.29) is 11.4 Å². The van der Waals surface area contributed by atoms with Crippen molar-refractivity contribution in [1.29, 1.82) is 0 Å². The van der Waals surface area contributed by atoms with Crippen LogP contribution in [-0.4, -0.2) is 51.5 Å². The average Bonchev–Trinajstić information content (AvgIpc) is 3.29. The van der Waals surface area contributed by atoms with Crippen molar-refractivity contribution < 1.29 is 4.79 Å². The molecule has 7 nitrogen and oxygen atoms in total. The second-order valence-electron chi connectivity index (χ2n) is 9.61. The van der Waals surface area contributed by atoms with E-state index in [1.54, 1.807) is 0 Å². The van der Waals surface area contributed by atoms with Gasteiger partial charge >= 0.3 is 0 Å². The molecule has 3 N–H and O–H groups in total. The lowest BCUT2D eigenvalue weighted by molar-refractivity contribution is 0.0688. The molecule has 1 aromatic heterocycles. The number of amides is 1. The fourth-order valence-corrected chi connectivity index (χ4v) is 5.37. The number of aromatic amines is 1. The van der Waals surface area contributed by atoms with E-state index in [2.05, 4.69) is 39.0 Å². The van der Waals surface area contributed by atoms with Gasteiger partial charge in [0.25, 0.3) is 5.91 Å². The minimum atomic E-state index is -0.375. The Morgan fingerprint density at radius 3 is 2.71 bits per heavy atom. The molecule has 2 saturated carbocycles. The van der Waals surface area contributed by atoms with Crippen LogP contribution in [0.4, 0.5) is 11.4 Å². The number of hydrogen-bond acceptors (Lipinski definition) is 4. The molecule has 1 spiro atoms. The second-order valence-corrected chi connectivity index (χ2v) is 9.61. The van der Waals surface area contributed by atoms with Crippen LogP contribution in [-0.2, 0) is 0 Å². The third kappa shape index (κ3) is 3.50. The summed E-state index contributed by atoms with van der Waals surface area (Å²) in [6.45, 7) is 1.36. The number of para-hydroxylation sites is 2. The number of H-pyrrole nitrogens is 1. The lowest BCUT2D eigenvalue weighted by atomic mass is 9.84. The van der Waals surface area contributed by atoms with Crippen molar-refractivity contribution in [3.63, 3.8) is 0 Å². The molecule has 7 heteroatoms. The molecule has 2 aliphatic carbocycles. The summed E-state index contributed by atoms with van der Waals surface area (Å²) in [6, 6.07) is 10.6. The van der Waals surface area contributed by atoms with Gasteiger partial charge in [0.2, 0.25) is 0 Å². The van der Waals surface area contributed by atoms with Gasteiger partial charge in [-0.3, -0.25) is 14.9 Å². The molecule has 0 bridgehead atoms. The summed E-state index contributed by atoms with van der Waals surface area (Å²) in [5.74, 6) is 1.58. The zero-order valence-electron chi connectivity index (χ0n) is 17.9. The SMILES string of the molecule is O=C(c1cc(C2CC2)[nH]n1)N1CCCC2(C1)Nc1ccccc1NC2=NC1CCCC1. The van der Waals surface area contributed by atoms with Crippen molar-refractivity contribution >= 4 is 23.1 Å². The normalized spacial score (nSPS) is 27.2. The van der Waals surface area contributed by atoms with E-state index >= 15 is 0 Å². The summed E-state index contributed by atoms with van der Waals surface area (Å²) in [5.41, 5.74) is 3.41. The lowest BCUT2D eigenvalue weighted by Crippen LogP contribution is -2.62. The number of rotatable bonds is 3. The summed E-state index contributed by atoms with van der Waals surface area (Å²) in [4.78, 5) is 20.5. The summed E-state index contributed by atoms with van der Waals surface area (Å²) >= 11 is 0. The van der Waals surface area contributed by atoms with Crippen LogP contribution in [0.2, 0.25) is 0 Å². The molecule has 31 heavy (non-hydrogen) atoms. The topological polar surface area (TPSA) is 85.4 Å². The van der Waals surface area contributed by atoms with Gasteiger partial charge in [-0.15, -0.1) is 0 Å². The van der Waals surface area contributed by atoms with E-state index in [0.29, 0.717) is 24.2 Å².